The minimum absolute atomic E-state index is 0.179. The highest BCUT2D eigenvalue weighted by molar-refractivity contribution is 5.39. The molecule has 0 spiro atoms. The van der Waals surface area contributed by atoms with Gasteiger partial charge in [-0.15, -0.1) is 0 Å². The summed E-state index contributed by atoms with van der Waals surface area (Å²) >= 11 is 0. The molecular weight excluding hydrogens is 229 g/mol. The van der Waals surface area contributed by atoms with E-state index in [1.54, 1.807) is 12.1 Å². The van der Waals surface area contributed by atoms with Crippen molar-refractivity contribution in [1.29, 1.82) is 0 Å². The maximum Gasteiger partial charge on any atom is 0.389 e. The number of nitrogens with two attached hydrogens (primary N) is 1. The van der Waals surface area contributed by atoms with Crippen LogP contribution in [-0.2, 0) is 6.54 Å². The summed E-state index contributed by atoms with van der Waals surface area (Å²) < 4.78 is 35.5. The summed E-state index contributed by atoms with van der Waals surface area (Å²) in [6, 6.07) is 7.41. The summed E-state index contributed by atoms with van der Waals surface area (Å²) in [5.74, 6) is 0. The van der Waals surface area contributed by atoms with Crippen LogP contribution in [0.15, 0.2) is 24.3 Å². The third-order valence-corrected chi connectivity index (χ3v) is 2.37. The lowest BCUT2D eigenvalue weighted by Crippen LogP contribution is -2.15. The molecule has 2 nitrogen and oxygen atoms in total. The Morgan fingerprint density at radius 3 is 2.29 bits per heavy atom. The molecule has 0 heterocycles. The second-order valence-electron chi connectivity index (χ2n) is 3.99. The van der Waals surface area contributed by atoms with Crippen LogP contribution in [-0.4, -0.2) is 12.7 Å². The summed E-state index contributed by atoms with van der Waals surface area (Å²) in [5.41, 5.74) is 7.32. The van der Waals surface area contributed by atoms with Gasteiger partial charge in [-0.1, -0.05) is 12.1 Å². The first kappa shape index (κ1) is 13.8. The molecule has 1 aromatic rings. The number of nitrogens with one attached hydrogen (secondary N) is 1. The van der Waals surface area contributed by atoms with E-state index < -0.39 is 12.6 Å². The van der Waals surface area contributed by atoms with Crippen LogP contribution in [0.25, 0.3) is 0 Å². The Balaban J connectivity index is 2.07. The van der Waals surface area contributed by atoms with E-state index in [1.165, 1.54) is 0 Å². The summed E-state index contributed by atoms with van der Waals surface area (Å²) in [4.78, 5) is 0. The third kappa shape index (κ3) is 6.84. The van der Waals surface area contributed by atoms with Crippen molar-refractivity contribution in [3.63, 3.8) is 0 Å². The SMILES string of the molecule is Nc1ccc(CNCCCCC(F)(F)F)cc1. The van der Waals surface area contributed by atoms with Crippen molar-refractivity contribution in [3.8, 4) is 0 Å². The Kier molecular flexibility index (Phi) is 5.28. The van der Waals surface area contributed by atoms with Gasteiger partial charge in [-0.25, -0.2) is 0 Å². The van der Waals surface area contributed by atoms with Crippen molar-refractivity contribution < 1.29 is 13.2 Å². The van der Waals surface area contributed by atoms with Crippen LogP contribution >= 0.6 is 0 Å². The van der Waals surface area contributed by atoms with Crippen LogP contribution in [0.1, 0.15) is 24.8 Å². The van der Waals surface area contributed by atoms with E-state index in [9.17, 15) is 13.2 Å². The molecule has 0 bridgehead atoms. The minimum Gasteiger partial charge on any atom is -0.399 e. The monoisotopic (exact) mass is 246 g/mol. The molecule has 0 aromatic heterocycles. The molecule has 3 N–H and O–H groups in total. The number of alkyl halides is 3. The van der Waals surface area contributed by atoms with Crippen molar-refractivity contribution >= 4 is 5.69 Å². The number of hydrogen-bond donors (Lipinski definition) is 2. The van der Waals surface area contributed by atoms with Crippen LogP contribution in [0, 0.1) is 0 Å². The highest BCUT2D eigenvalue weighted by atomic mass is 19.4. The number of hydrogen-bond acceptors (Lipinski definition) is 2. The zero-order valence-electron chi connectivity index (χ0n) is 9.56. The first-order valence-corrected chi connectivity index (χ1v) is 5.59. The quantitative estimate of drug-likeness (QED) is 0.598. The number of unbranched alkanes of at least 4 members (excludes halogenated alkanes) is 1. The average Bonchev–Trinajstić information content (AvgIpc) is 2.24. The van der Waals surface area contributed by atoms with Gasteiger partial charge in [-0.3, -0.25) is 0 Å². The molecule has 17 heavy (non-hydrogen) atoms. The highest BCUT2D eigenvalue weighted by Gasteiger charge is 2.25. The predicted molar refractivity (Wildman–Crippen MR) is 62.5 cm³/mol. The van der Waals surface area contributed by atoms with Gasteiger partial charge in [0.05, 0.1) is 0 Å². The van der Waals surface area contributed by atoms with E-state index in [0.717, 1.165) is 5.56 Å². The maximum absolute atomic E-state index is 11.8. The van der Waals surface area contributed by atoms with Crippen molar-refractivity contribution in [2.75, 3.05) is 12.3 Å². The number of rotatable bonds is 6. The summed E-state index contributed by atoms with van der Waals surface area (Å²) in [7, 11) is 0. The van der Waals surface area contributed by atoms with Gasteiger partial charge < -0.3 is 11.1 Å². The molecule has 0 saturated heterocycles. The first-order valence-electron chi connectivity index (χ1n) is 5.59. The van der Waals surface area contributed by atoms with Crippen LogP contribution in [0.2, 0.25) is 0 Å². The average molecular weight is 246 g/mol. The molecule has 0 aliphatic heterocycles. The minimum atomic E-state index is -4.03. The topological polar surface area (TPSA) is 38.0 Å². The second kappa shape index (κ2) is 6.49. The molecule has 0 aliphatic carbocycles. The van der Waals surface area contributed by atoms with Crippen molar-refractivity contribution in [3.05, 3.63) is 29.8 Å². The molecule has 0 unspecified atom stereocenters. The summed E-state index contributed by atoms with van der Waals surface area (Å²) in [6.45, 7) is 1.26. The van der Waals surface area contributed by atoms with Gasteiger partial charge in [-0.2, -0.15) is 13.2 Å². The van der Waals surface area contributed by atoms with Crippen LogP contribution < -0.4 is 11.1 Å². The zero-order valence-corrected chi connectivity index (χ0v) is 9.56. The third-order valence-electron chi connectivity index (χ3n) is 2.37. The lowest BCUT2D eigenvalue weighted by molar-refractivity contribution is -0.135. The van der Waals surface area contributed by atoms with E-state index in [1.807, 2.05) is 12.1 Å². The number of halogens is 3. The number of nitrogen functional groups attached to an aromatic ring is 1. The fourth-order valence-electron chi connectivity index (χ4n) is 1.44. The molecule has 5 heteroatoms. The van der Waals surface area contributed by atoms with Crippen molar-refractivity contribution in [1.82, 2.24) is 5.32 Å². The van der Waals surface area contributed by atoms with Crippen molar-refractivity contribution in [2.45, 2.75) is 32.0 Å². The van der Waals surface area contributed by atoms with Crippen LogP contribution in [0.4, 0.5) is 18.9 Å². The number of anilines is 1. The van der Waals surface area contributed by atoms with E-state index in [-0.39, 0.29) is 6.42 Å². The van der Waals surface area contributed by atoms with Gasteiger partial charge in [0, 0.05) is 18.7 Å². The Bertz CT molecular complexity index is 320. The van der Waals surface area contributed by atoms with Gasteiger partial charge in [0.25, 0.3) is 0 Å². The molecule has 0 aliphatic rings. The molecule has 1 aromatic carbocycles. The molecule has 1 rings (SSSR count). The largest absolute Gasteiger partial charge is 0.399 e. The van der Waals surface area contributed by atoms with Crippen LogP contribution in [0.5, 0.6) is 0 Å². The highest BCUT2D eigenvalue weighted by Crippen LogP contribution is 2.21. The molecule has 0 fully saturated rings. The smallest absolute Gasteiger partial charge is 0.389 e. The van der Waals surface area contributed by atoms with Crippen molar-refractivity contribution in [2.24, 2.45) is 0 Å². The lowest BCUT2D eigenvalue weighted by atomic mass is 10.2. The summed E-state index contributed by atoms with van der Waals surface area (Å²) in [6.07, 6.45) is -4.01. The van der Waals surface area contributed by atoms with Gasteiger partial charge in [0.1, 0.15) is 0 Å². The second-order valence-corrected chi connectivity index (χ2v) is 3.99. The Labute approximate surface area is 99.0 Å². The molecular formula is C12H17F3N2. The zero-order chi connectivity index (χ0) is 12.7. The Morgan fingerprint density at radius 2 is 1.71 bits per heavy atom. The summed E-state index contributed by atoms with van der Waals surface area (Å²) in [5, 5.41) is 3.10. The van der Waals surface area contributed by atoms with Gasteiger partial charge in [0.2, 0.25) is 0 Å². The normalized spacial score (nSPS) is 11.7. The molecule has 0 atom stereocenters. The lowest BCUT2D eigenvalue weighted by Gasteiger charge is -2.07. The Morgan fingerprint density at radius 1 is 1.06 bits per heavy atom. The molecule has 96 valence electrons. The first-order chi connectivity index (χ1) is 7.97. The fourth-order valence-corrected chi connectivity index (χ4v) is 1.44. The predicted octanol–water partition coefficient (Wildman–Crippen LogP) is 3.09. The maximum atomic E-state index is 11.8. The molecule has 0 radical (unpaired) electrons. The number of benzene rings is 1. The fraction of sp³-hybridized carbons (Fsp3) is 0.500. The van der Waals surface area contributed by atoms with E-state index in [0.29, 0.717) is 25.2 Å². The van der Waals surface area contributed by atoms with Gasteiger partial charge in [0.15, 0.2) is 0 Å². The Hall–Kier alpha value is -1.23. The van der Waals surface area contributed by atoms with Crippen LogP contribution in [0.3, 0.4) is 0 Å². The van der Waals surface area contributed by atoms with Gasteiger partial charge in [-0.05, 0) is 37.1 Å². The standard InChI is InChI=1S/C12H17F3N2/c13-12(14,15)7-1-2-8-17-9-10-3-5-11(16)6-4-10/h3-6,17H,1-2,7-9,16H2. The van der Waals surface area contributed by atoms with E-state index >= 15 is 0 Å². The van der Waals surface area contributed by atoms with E-state index in [2.05, 4.69) is 5.32 Å². The van der Waals surface area contributed by atoms with E-state index in [4.69, 9.17) is 5.73 Å². The molecule has 0 amide bonds. The molecule has 0 saturated carbocycles. The van der Waals surface area contributed by atoms with Gasteiger partial charge >= 0.3 is 6.18 Å².